The molecule has 42 heavy (non-hydrogen) atoms. The van der Waals surface area contributed by atoms with E-state index >= 15 is 0 Å². The summed E-state index contributed by atoms with van der Waals surface area (Å²) in [6, 6.07) is 2.58. The highest BCUT2D eigenvalue weighted by Crippen LogP contribution is 2.43. The van der Waals surface area contributed by atoms with Crippen molar-refractivity contribution in [2.24, 2.45) is 17.8 Å². The highest BCUT2D eigenvalue weighted by Gasteiger charge is 2.45. The van der Waals surface area contributed by atoms with Crippen LogP contribution < -0.4 is 0 Å². The van der Waals surface area contributed by atoms with E-state index < -0.39 is 26.4 Å². The third kappa shape index (κ3) is 14.2. The van der Waals surface area contributed by atoms with E-state index in [2.05, 4.69) is 0 Å². The zero-order chi connectivity index (χ0) is 31.3. The minimum Gasteiger partial charge on any atom is -0.374 e. The van der Waals surface area contributed by atoms with Crippen molar-refractivity contribution in [3.05, 3.63) is 0 Å². The smallest absolute Gasteiger partial charge is 0.374 e. The van der Waals surface area contributed by atoms with Crippen LogP contribution in [0.2, 0.25) is 18.1 Å². The molecule has 0 aromatic heterocycles. The van der Waals surface area contributed by atoms with Crippen molar-refractivity contribution in [3.63, 3.8) is 0 Å². The van der Waals surface area contributed by atoms with E-state index in [-0.39, 0.29) is 0 Å². The number of rotatable bonds is 27. The van der Waals surface area contributed by atoms with Crippen LogP contribution in [-0.2, 0) is 39.8 Å². The summed E-state index contributed by atoms with van der Waals surface area (Å²) in [5.41, 5.74) is 0. The SMILES string of the molecule is CCO[Si](CCC1CC(CC[Si](OCC)(OCC)OCC)CC(CC[Si](OCC)(OCC)OCC)C1)(OCC)OCC. The molecule has 1 fully saturated rings. The van der Waals surface area contributed by atoms with Crippen LogP contribution in [0.3, 0.4) is 0 Å². The Labute approximate surface area is 262 Å². The first-order valence-electron chi connectivity index (χ1n) is 17.0. The van der Waals surface area contributed by atoms with E-state index in [0.29, 0.717) is 77.2 Å². The molecule has 0 spiro atoms. The summed E-state index contributed by atoms with van der Waals surface area (Å²) < 4.78 is 55.9. The van der Waals surface area contributed by atoms with Crippen molar-refractivity contribution >= 4 is 26.4 Å². The Hall–Kier alpha value is 0.291. The van der Waals surface area contributed by atoms with Crippen molar-refractivity contribution in [1.29, 1.82) is 0 Å². The first-order valence-corrected chi connectivity index (χ1v) is 22.8. The van der Waals surface area contributed by atoms with Gasteiger partial charge in [-0.3, -0.25) is 0 Å². The lowest BCUT2D eigenvalue weighted by Gasteiger charge is -2.39. The first-order chi connectivity index (χ1) is 20.3. The molecule has 252 valence electrons. The quantitative estimate of drug-likeness (QED) is 0.0846. The van der Waals surface area contributed by atoms with Gasteiger partial charge in [-0.15, -0.1) is 0 Å². The maximum atomic E-state index is 6.21. The molecule has 0 aliphatic heterocycles. The van der Waals surface area contributed by atoms with E-state index in [1.165, 1.54) is 19.3 Å². The lowest BCUT2D eigenvalue weighted by Crippen LogP contribution is -2.47. The standard InChI is InChI=1S/C30H66O9Si3/c1-10-31-40(32-11-2,33-12-3)22-19-28-25-29(20-23-41(34-13-4,35-14-5)36-15-6)27-30(26-28)21-24-42(37-16-7,38-17-8)39-18-9/h28-30H,10-27H2,1-9H3. The van der Waals surface area contributed by atoms with Crippen molar-refractivity contribution in [2.75, 3.05) is 59.5 Å². The molecule has 0 amide bonds. The van der Waals surface area contributed by atoms with E-state index in [9.17, 15) is 0 Å². The Bertz CT molecular complexity index is 519. The summed E-state index contributed by atoms with van der Waals surface area (Å²) in [6.45, 7) is 23.8. The van der Waals surface area contributed by atoms with Gasteiger partial charge in [-0.05, 0) is 119 Å². The molecule has 12 heteroatoms. The second-order valence-electron chi connectivity index (χ2n) is 10.9. The third-order valence-electron chi connectivity index (χ3n) is 7.85. The molecule has 0 radical (unpaired) electrons. The zero-order valence-electron chi connectivity index (χ0n) is 28.6. The van der Waals surface area contributed by atoms with Crippen molar-refractivity contribution in [2.45, 2.75) is 119 Å². The van der Waals surface area contributed by atoms with E-state index in [4.69, 9.17) is 39.8 Å². The molecular weight excluding hydrogens is 589 g/mol. The molecule has 1 aliphatic carbocycles. The second kappa shape index (κ2) is 22.7. The van der Waals surface area contributed by atoms with Crippen LogP contribution in [0.1, 0.15) is 101 Å². The summed E-state index contributed by atoms with van der Waals surface area (Å²) in [5, 5.41) is 0. The Morgan fingerprint density at radius 3 is 0.643 bits per heavy atom. The molecule has 9 nitrogen and oxygen atoms in total. The van der Waals surface area contributed by atoms with Crippen molar-refractivity contribution < 1.29 is 39.8 Å². The lowest BCUT2D eigenvalue weighted by molar-refractivity contribution is 0.0627. The predicted octanol–water partition coefficient (Wildman–Crippen LogP) is 7.33. The van der Waals surface area contributed by atoms with Gasteiger partial charge >= 0.3 is 26.4 Å². The summed E-state index contributed by atoms with van der Waals surface area (Å²) in [4.78, 5) is 0. The van der Waals surface area contributed by atoms with Gasteiger partial charge in [0.25, 0.3) is 0 Å². The van der Waals surface area contributed by atoms with Crippen LogP contribution in [0.5, 0.6) is 0 Å². The molecule has 1 aliphatic rings. The van der Waals surface area contributed by atoms with Crippen LogP contribution in [0.15, 0.2) is 0 Å². The van der Waals surface area contributed by atoms with Gasteiger partial charge in [-0.2, -0.15) is 0 Å². The maximum Gasteiger partial charge on any atom is 0.500 e. The van der Waals surface area contributed by atoms with Crippen LogP contribution in [0.4, 0.5) is 0 Å². The number of hydrogen-bond donors (Lipinski definition) is 0. The van der Waals surface area contributed by atoms with Gasteiger partial charge in [0.1, 0.15) is 0 Å². The summed E-state index contributed by atoms with van der Waals surface area (Å²) in [5.74, 6) is 1.73. The predicted molar refractivity (Wildman–Crippen MR) is 174 cm³/mol. The van der Waals surface area contributed by atoms with E-state index in [1.807, 2.05) is 62.3 Å². The fraction of sp³-hybridized carbons (Fsp3) is 1.00. The highest BCUT2D eigenvalue weighted by molar-refractivity contribution is 6.61. The van der Waals surface area contributed by atoms with Gasteiger partial charge in [0.2, 0.25) is 0 Å². The molecule has 0 atom stereocenters. The van der Waals surface area contributed by atoms with Crippen molar-refractivity contribution in [1.82, 2.24) is 0 Å². The average Bonchev–Trinajstić information content (AvgIpc) is 2.95. The minimum absolute atomic E-state index is 0.576. The topological polar surface area (TPSA) is 83.1 Å². The maximum absolute atomic E-state index is 6.21. The molecule has 0 N–H and O–H groups in total. The summed E-state index contributed by atoms with van der Waals surface area (Å²) in [6.07, 6.45) is 6.71. The molecule has 1 saturated carbocycles. The largest absolute Gasteiger partial charge is 0.500 e. The highest BCUT2D eigenvalue weighted by atomic mass is 28.4. The summed E-state index contributed by atoms with van der Waals surface area (Å²) in [7, 11) is -8.07. The van der Waals surface area contributed by atoms with Gasteiger partial charge in [0.15, 0.2) is 0 Å². The second-order valence-corrected chi connectivity index (χ2v) is 19.1. The fourth-order valence-electron chi connectivity index (χ4n) is 6.56. The molecule has 0 aromatic carbocycles. The Balaban J connectivity index is 3.14. The molecule has 0 saturated heterocycles. The average molecular weight is 655 g/mol. The summed E-state index contributed by atoms with van der Waals surface area (Å²) >= 11 is 0. The van der Waals surface area contributed by atoms with Crippen molar-refractivity contribution in [3.8, 4) is 0 Å². The monoisotopic (exact) mass is 654 g/mol. The van der Waals surface area contributed by atoms with Gasteiger partial charge in [0.05, 0.1) is 0 Å². The Kier molecular flexibility index (Phi) is 21.8. The van der Waals surface area contributed by atoms with Gasteiger partial charge in [-0.1, -0.05) is 0 Å². The Morgan fingerprint density at radius 2 is 0.500 bits per heavy atom. The van der Waals surface area contributed by atoms with Crippen LogP contribution >= 0.6 is 0 Å². The third-order valence-corrected chi connectivity index (χ3v) is 17.1. The van der Waals surface area contributed by atoms with Gasteiger partial charge in [-0.25, -0.2) is 0 Å². The fourth-order valence-corrected chi connectivity index (χ4v) is 14.8. The van der Waals surface area contributed by atoms with E-state index in [1.54, 1.807) is 0 Å². The molecular formula is C30H66O9Si3. The first kappa shape index (κ1) is 40.3. The normalized spacial score (nSPS) is 20.4. The van der Waals surface area contributed by atoms with Crippen LogP contribution in [0, 0.1) is 17.8 Å². The van der Waals surface area contributed by atoms with Gasteiger partial charge < -0.3 is 39.8 Å². The molecule has 0 heterocycles. The van der Waals surface area contributed by atoms with E-state index in [0.717, 1.165) is 37.4 Å². The Morgan fingerprint density at radius 1 is 0.333 bits per heavy atom. The van der Waals surface area contributed by atoms with Crippen LogP contribution in [-0.4, -0.2) is 85.9 Å². The number of hydrogen-bond acceptors (Lipinski definition) is 9. The molecule has 0 unspecified atom stereocenters. The van der Waals surface area contributed by atoms with Crippen LogP contribution in [0.25, 0.3) is 0 Å². The molecule has 0 aromatic rings. The molecule has 0 bridgehead atoms. The lowest BCUT2D eigenvalue weighted by atomic mass is 9.72. The van der Waals surface area contributed by atoms with Gasteiger partial charge in [0, 0.05) is 77.6 Å². The molecule has 1 rings (SSSR count). The zero-order valence-corrected chi connectivity index (χ0v) is 31.6. The minimum atomic E-state index is -2.69.